The summed E-state index contributed by atoms with van der Waals surface area (Å²) >= 11 is 0. The van der Waals surface area contributed by atoms with Crippen LogP contribution in [0.5, 0.6) is 11.5 Å². The lowest BCUT2D eigenvalue weighted by Crippen LogP contribution is -2.21. The molecule has 0 heterocycles. The third kappa shape index (κ3) is 4.78. The van der Waals surface area contributed by atoms with Crippen molar-refractivity contribution in [2.75, 3.05) is 19.9 Å². The Hall–Kier alpha value is -3.02. The summed E-state index contributed by atoms with van der Waals surface area (Å²) in [5.74, 6) is 1.20. The number of rotatable bonds is 6. The first-order valence-corrected chi connectivity index (χ1v) is 9.09. The molecule has 0 bridgehead atoms. The Labute approximate surface area is 159 Å². The van der Waals surface area contributed by atoms with E-state index in [1.54, 1.807) is 44.6 Å². The fourth-order valence-corrected chi connectivity index (χ4v) is 3.07. The van der Waals surface area contributed by atoms with E-state index in [0.29, 0.717) is 22.7 Å². The molecule has 1 fully saturated rings. The van der Waals surface area contributed by atoms with Crippen LogP contribution in [0.4, 0.5) is 5.69 Å². The van der Waals surface area contributed by atoms with Gasteiger partial charge in [-0.05, 0) is 73.7 Å². The second kappa shape index (κ2) is 8.58. The molecule has 142 valence electrons. The van der Waals surface area contributed by atoms with Crippen LogP contribution in [0.3, 0.4) is 0 Å². The molecule has 0 spiro atoms. The van der Waals surface area contributed by atoms with Crippen molar-refractivity contribution >= 4 is 17.8 Å². The smallest absolute Gasteiger partial charge is 0.273 e. The molecule has 2 aromatic carbocycles. The molecular formula is C21H25N3O3. The quantitative estimate of drug-likeness (QED) is 0.480. The van der Waals surface area contributed by atoms with Crippen molar-refractivity contribution in [3.8, 4) is 11.5 Å². The molecule has 6 nitrogen and oxygen atoms in total. The number of anilines is 1. The van der Waals surface area contributed by atoms with Gasteiger partial charge in [-0.3, -0.25) is 4.79 Å². The standard InChI is InChI=1S/C21H25N3O3/c1-24(21(25)16-8-10-17(22)11-9-16)23-14-15-7-12-19(26-2)20(13-15)27-18-5-3-4-6-18/h7-14,18H,3-6,22H2,1-2H3. The largest absolute Gasteiger partial charge is 0.493 e. The summed E-state index contributed by atoms with van der Waals surface area (Å²) in [5, 5.41) is 5.55. The number of carbonyl (C=O) groups excluding carboxylic acids is 1. The third-order valence-corrected chi connectivity index (χ3v) is 4.62. The van der Waals surface area contributed by atoms with Crippen LogP contribution in [0.25, 0.3) is 0 Å². The second-order valence-electron chi connectivity index (χ2n) is 6.63. The highest BCUT2D eigenvalue weighted by atomic mass is 16.5. The Bertz CT molecular complexity index is 812. The molecule has 0 unspecified atom stereocenters. The van der Waals surface area contributed by atoms with Crippen LogP contribution in [0.2, 0.25) is 0 Å². The van der Waals surface area contributed by atoms with Gasteiger partial charge in [0.2, 0.25) is 0 Å². The average molecular weight is 367 g/mol. The first-order valence-electron chi connectivity index (χ1n) is 9.09. The highest BCUT2D eigenvalue weighted by Crippen LogP contribution is 2.32. The van der Waals surface area contributed by atoms with E-state index in [2.05, 4.69) is 5.10 Å². The summed E-state index contributed by atoms with van der Waals surface area (Å²) in [5.41, 5.74) is 7.64. The molecule has 1 aliphatic rings. The maximum atomic E-state index is 12.4. The molecule has 6 heteroatoms. The molecule has 0 atom stereocenters. The van der Waals surface area contributed by atoms with Gasteiger partial charge in [-0.1, -0.05) is 0 Å². The molecule has 0 aliphatic heterocycles. The maximum absolute atomic E-state index is 12.4. The predicted octanol–water partition coefficient (Wildman–Crippen LogP) is 3.70. The SMILES string of the molecule is COc1ccc(C=NN(C)C(=O)c2ccc(N)cc2)cc1OC1CCCC1. The molecule has 2 aromatic rings. The molecule has 1 amide bonds. The Morgan fingerprint density at radius 1 is 1.15 bits per heavy atom. The summed E-state index contributed by atoms with van der Waals surface area (Å²) < 4.78 is 11.5. The summed E-state index contributed by atoms with van der Waals surface area (Å²) in [6.07, 6.45) is 6.41. The first-order chi connectivity index (χ1) is 13.1. The van der Waals surface area contributed by atoms with E-state index < -0.39 is 0 Å². The van der Waals surface area contributed by atoms with E-state index in [9.17, 15) is 4.79 Å². The van der Waals surface area contributed by atoms with Gasteiger partial charge in [0, 0.05) is 18.3 Å². The number of hydrogen-bond acceptors (Lipinski definition) is 5. The first kappa shape index (κ1) is 18.8. The van der Waals surface area contributed by atoms with Crippen LogP contribution < -0.4 is 15.2 Å². The van der Waals surface area contributed by atoms with Crippen LogP contribution in [-0.2, 0) is 0 Å². The molecular weight excluding hydrogens is 342 g/mol. The Balaban J connectivity index is 1.71. The number of hydrazone groups is 1. The van der Waals surface area contributed by atoms with Crippen molar-refractivity contribution in [3.63, 3.8) is 0 Å². The van der Waals surface area contributed by atoms with Crippen LogP contribution >= 0.6 is 0 Å². The van der Waals surface area contributed by atoms with E-state index in [1.807, 2.05) is 18.2 Å². The lowest BCUT2D eigenvalue weighted by atomic mass is 10.2. The third-order valence-electron chi connectivity index (χ3n) is 4.62. The van der Waals surface area contributed by atoms with Crippen LogP contribution in [0, 0.1) is 0 Å². The highest BCUT2D eigenvalue weighted by Gasteiger charge is 2.18. The van der Waals surface area contributed by atoms with Gasteiger partial charge in [0.25, 0.3) is 5.91 Å². The molecule has 0 saturated heterocycles. The summed E-state index contributed by atoms with van der Waals surface area (Å²) in [7, 11) is 3.25. The number of ether oxygens (including phenoxy) is 2. The molecule has 1 saturated carbocycles. The van der Waals surface area contributed by atoms with Crippen LogP contribution in [0.15, 0.2) is 47.6 Å². The zero-order valence-corrected chi connectivity index (χ0v) is 15.7. The minimum Gasteiger partial charge on any atom is -0.493 e. The van der Waals surface area contributed by atoms with E-state index in [4.69, 9.17) is 15.2 Å². The van der Waals surface area contributed by atoms with Gasteiger partial charge in [0.15, 0.2) is 11.5 Å². The fraction of sp³-hybridized carbons (Fsp3) is 0.333. The minimum absolute atomic E-state index is 0.206. The maximum Gasteiger partial charge on any atom is 0.273 e. The lowest BCUT2D eigenvalue weighted by molar-refractivity contribution is 0.0800. The van der Waals surface area contributed by atoms with Gasteiger partial charge in [0.05, 0.1) is 19.4 Å². The highest BCUT2D eigenvalue weighted by molar-refractivity contribution is 5.95. The van der Waals surface area contributed by atoms with E-state index >= 15 is 0 Å². The van der Waals surface area contributed by atoms with Crippen molar-refractivity contribution in [3.05, 3.63) is 53.6 Å². The van der Waals surface area contributed by atoms with Crippen molar-refractivity contribution in [1.82, 2.24) is 5.01 Å². The Kier molecular flexibility index (Phi) is 5.96. The number of carbonyl (C=O) groups is 1. The van der Waals surface area contributed by atoms with Crippen molar-refractivity contribution in [2.24, 2.45) is 5.10 Å². The van der Waals surface area contributed by atoms with Gasteiger partial charge >= 0.3 is 0 Å². The van der Waals surface area contributed by atoms with E-state index in [1.165, 1.54) is 17.9 Å². The Morgan fingerprint density at radius 2 is 1.85 bits per heavy atom. The van der Waals surface area contributed by atoms with Gasteiger partial charge in [-0.2, -0.15) is 5.10 Å². The van der Waals surface area contributed by atoms with Crippen LogP contribution in [-0.4, -0.2) is 37.4 Å². The molecule has 1 aliphatic carbocycles. The molecule has 27 heavy (non-hydrogen) atoms. The molecule has 3 rings (SSSR count). The summed E-state index contributed by atoms with van der Waals surface area (Å²) in [4.78, 5) is 12.4. The van der Waals surface area contributed by atoms with Gasteiger partial charge < -0.3 is 15.2 Å². The van der Waals surface area contributed by atoms with Gasteiger partial charge in [-0.25, -0.2) is 5.01 Å². The number of benzene rings is 2. The number of nitrogens with two attached hydrogens (primary N) is 1. The van der Waals surface area contributed by atoms with Gasteiger partial charge in [0.1, 0.15) is 0 Å². The summed E-state index contributed by atoms with van der Waals surface area (Å²) in [6, 6.07) is 12.4. The minimum atomic E-state index is -0.206. The average Bonchev–Trinajstić information content (AvgIpc) is 3.19. The van der Waals surface area contributed by atoms with Gasteiger partial charge in [-0.15, -0.1) is 0 Å². The van der Waals surface area contributed by atoms with Crippen molar-refractivity contribution < 1.29 is 14.3 Å². The number of methoxy groups -OCH3 is 1. The number of hydrogen-bond donors (Lipinski definition) is 1. The van der Waals surface area contributed by atoms with Crippen molar-refractivity contribution in [1.29, 1.82) is 0 Å². The number of nitrogen functional groups attached to an aromatic ring is 1. The molecule has 0 radical (unpaired) electrons. The topological polar surface area (TPSA) is 77.2 Å². The second-order valence-corrected chi connectivity index (χ2v) is 6.63. The number of amides is 1. The Morgan fingerprint density at radius 3 is 2.52 bits per heavy atom. The summed E-state index contributed by atoms with van der Waals surface area (Å²) in [6.45, 7) is 0. The molecule has 0 aromatic heterocycles. The van der Waals surface area contributed by atoms with E-state index in [-0.39, 0.29) is 12.0 Å². The monoisotopic (exact) mass is 367 g/mol. The zero-order chi connectivity index (χ0) is 19.2. The van der Waals surface area contributed by atoms with Crippen molar-refractivity contribution in [2.45, 2.75) is 31.8 Å². The number of nitrogens with zero attached hydrogens (tertiary/aromatic N) is 2. The predicted molar refractivity (Wildman–Crippen MR) is 106 cm³/mol. The van der Waals surface area contributed by atoms with Crippen LogP contribution in [0.1, 0.15) is 41.6 Å². The normalized spacial score (nSPS) is 14.4. The fourth-order valence-electron chi connectivity index (χ4n) is 3.07. The zero-order valence-electron chi connectivity index (χ0n) is 15.7. The lowest BCUT2D eigenvalue weighted by Gasteiger charge is -2.16. The van der Waals surface area contributed by atoms with E-state index in [0.717, 1.165) is 18.4 Å². The molecule has 2 N–H and O–H groups in total.